The number of carbonyl (C=O) groups excluding carboxylic acids is 2. The SMILES string of the molecule is CCOC(=O)NCCC(=O)Nc1ccc(I)cc1. The van der Waals surface area contributed by atoms with Crippen molar-refractivity contribution in [3.63, 3.8) is 0 Å². The number of amides is 2. The Labute approximate surface area is 119 Å². The molecule has 0 unspecified atom stereocenters. The molecule has 0 heterocycles. The highest BCUT2D eigenvalue weighted by Crippen LogP contribution is 2.11. The van der Waals surface area contributed by atoms with Crippen LogP contribution in [0.3, 0.4) is 0 Å². The van der Waals surface area contributed by atoms with Gasteiger partial charge >= 0.3 is 6.09 Å². The summed E-state index contributed by atoms with van der Waals surface area (Å²) in [5.41, 5.74) is 0.747. The number of alkyl carbamates (subject to hydrolysis) is 1. The third-order valence-corrected chi connectivity index (χ3v) is 2.74. The summed E-state index contributed by atoms with van der Waals surface area (Å²) in [6.45, 7) is 2.30. The number of halogens is 1. The number of hydrogen-bond donors (Lipinski definition) is 2. The van der Waals surface area contributed by atoms with Crippen molar-refractivity contribution in [1.29, 1.82) is 0 Å². The summed E-state index contributed by atoms with van der Waals surface area (Å²) >= 11 is 2.19. The lowest BCUT2D eigenvalue weighted by molar-refractivity contribution is -0.116. The van der Waals surface area contributed by atoms with Crippen LogP contribution in [0.1, 0.15) is 13.3 Å². The molecule has 0 aliphatic heterocycles. The average Bonchev–Trinajstić information content (AvgIpc) is 2.32. The first-order chi connectivity index (χ1) is 8.61. The quantitative estimate of drug-likeness (QED) is 0.791. The molecular formula is C12H15IN2O3. The van der Waals surface area contributed by atoms with Crippen LogP contribution in [-0.4, -0.2) is 25.2 Å². The molecule has 98 valence electrons. The van der Waals surface area contributed by atoms with Crippen molar-refractivity contribution in [2.75, 3.05) is 18.5 Å². The summed E-state index contributed by atoms with van der Waals surface area (Å²) in [6, 6.07) is 7.48. The molecule has 0 aromatic heterocycles. The van der Waals surface area contributed by atoms with Gasteiger partial charge in [-0.2, -0.15) is 0 Å². The summed E-state index contributed by atoms with van der Waals surface area (Å²) in [5.74, 6) is -0.145. The first-order valence-electron chi connectivity index (χ1n) is 5.58. The van der Waals surface area contributed by atoms with Crippen molar-refractivity contribution in [3.05, 3.63) is 27.8 Å². The van der Waals surface area contributed by atoms with Gasteiger partial charge in [0.05, 0.1) is 6.61 Å². The van der Waals surface area contributed by atoms with Gasteiger partial charge < -0.3 is 15.4 Å². The van der Waals surface area contributed by atoms with E-state index in [0.29, 0.717) is 6.61 Å². The number of carbonyl (C=O) groups is 2. The first-order valence-corrected chi connectivity index (χ1v) is 6.65. The van der Waals surface area contributed by atoms with E-state index in [4.69, 9.17) is 0 Å². The summed E-state index contributed by atoms with van der Waals surface area (Å²) < 4.78 is 5.78. The second-order valence-corrected chi connectivity index (χ2v) is 4.70. The van der Waals surface area contributed by atoms with Gasteiger partial charge in [0.15, 0.2) is 0 Å². The van der Waals surface area contributed by atoms with Crippen LogP contribution in [0.25, 0.3) is 0 Å². The van der Waals surface area contributed by atoms with Crippen molar-refractivity contribution in [3.8, 4) is 0 Å². The number of nitrogens with one attached hydrogen (secondary N) is 2. The van der Waals surface area contributed by atoms with Gasteiger partial charge in [0.1, 0.15) is 0 Å². The molecule has 1 rings (SSSR count). The van der Waals surface area contributed by atoms with Crippen molar-refractivity contribution in [1.82, 2.24) is 5.32 Å². The second kappa shape index (κ2) is 7.91. The largest absolute Gasteiger partial charge is 0.450 e. The average molecular weight is 362 g/mol. The molecule has 0 saturated heterocycles. The molecule has 1 aromatic rings. The molecule has 5 nitrogen and oxygen atoms in total. The predicted octanol–water partition coefficient (Wildman–Crippen LogP) is 2.37. The maximum atomic E-state index is 11.5. The van der Waals surface area contributed by atoms with Crippen molar-refractivity contribution >= 4 is 40.3 Å². The van der Waals surface area contributed by atoms with E-state index in [1.54, 1.807) is 6.92 Å². The Bertz CT molecular complexity index is 406. The van der Waals surface area contributed by atoms with E-state index >= 15 is 0 Å². The van der Waals surface area contributed by atoms with E-state index in [-0.39, 0.29) is 18.9 Å². The van der Waals surface area contributed by atoms with E-state index in [1.807, 2.05) is 24.3 Å². The molecular weight excluding hydrogens is 347 g/mol. The van der Waals surface area contributed by atoms with Crippen LogP contribution >= 0.6 is 22.6 Å². The maximum absolute atomic E-state index is 11.5. The topological polar surface area (TPSA) is 67.4 Å². The minimum absolute atomic E-state index is 0.145. The van der Waals surface area contributed by atoms with Crippen LogP contribution in [0, 0.1) is 3.57 Å². The van der Waals surface area contributed by atoms with Crippen LogP contribution in [0.5, 0.6) is 0 Å². The zero-order chi connectivity index (χ0) is 13.4. The van der Waals surface area contributed by atoms with Crippen molar-refractivity contribution < 1.29 is 14.3 Å². The van der Waals surface area contributed by atoms with Gasteiger partial charge in [-0.05, 0) is 53.8 Å². The summed E-state index contributed by atoms with van der Waals surface area (Å²) in [5, 5.41) is 5.23. The molecule has 0 saturated carbocycles. The minimum atomic E-state index is -0.500. The van der Waals surface area contributed by atoms with Gasteiger partial charge in [0.2, 0.25) is 5.91 Å². The fourth-order valence-corrected chi connectivity index (χ4v) is 1.58. The number of anilines is 1. The molecule has 0 radical (unpaired) electrons. The van der Waals surface area contributed by atoms with E-state index in [1.165, 1.54) is 0 Å². The number of rotatable bonds is 5. The summed E-state index contributed by atoms with van der Waals surface area (Å²) in [7, 11) is 0. The van der Waals surface area contributed by atoms with Gasteiger partial charge in [-0.1, -0.05) is 0 Å². The Balaban J connectivity index is 2.25. The first kappa shape index (κ1) is 14.7. The van der Waals surface area contributed by atoms with Crippen LogP contribution in [0.4, 0.5) is 10.5 Å². The normalized spacial score (nSPS) is 9.67. The monoisotopic (exact) mass is 362 g/mol. The zero-order valence-corrected chi connectivity index (χ0v) is 12.2. The fraction of sp³-hybridized carbons (Fsp3) is 0.333. The molecule has 1 aromatic carbocycles. The zero-order valence-electron chi connectivity index (χ0n) is 10.0. The second-order valence-electron chi connectivity index (χ2n) is 3.45. The lowest BCUT2D eigenvalue weighted by atomic mass is 10.3. The van der Waals surface area contributed by atoms with Gasteiger partial charge in [0.25, 0.3) is 0 Å². The molecule has 0 spiro atoms. The molecule has 0 atom stereocenters. The Morgan fingerprint density at radius 3 is 2.56 bits per heavy atom. The lowest BCUT2D eigenvalue weighted by Crippen LogP contribution is -2.28. The fourth-order valence-electron chi connectivity index (χ4n) is 1.22. The van der Waals surface area contributed by atoms with Crippen molar-refractivity contribution in [2.24, 2.45) is 0 Å². The molecule has 18 heavy (non-hydrogen) atoms. The van der Waals surface area contributed by atoms with E-state index in [0.717, 1.165) is 9.26 Å². The number of ether oxygens (including phenoxy) is 1. The Morgan fingerprint density at radius 1 is 1.28 bits per heavy atom. The van der Waals surface area contributed by atoms with E-state index in [2.05, 4.69) is 38.0 Å². The molecule has 6 heteroatoms. The third-order valence-electron chi connectivity index (χ3n) is 2.02. The highest BCUT2D eigenvalue weighted by atomic mass is 127. The Kier molecular flexibility index (Phi) is 6.48. The Hall–Kier alpha value is -1.31. The van der Waals surface area contributed by atoms with Gasteiger partial charge in [-0.3, -0.25) is 4.79 Å². The standard InChI is InChI=1S/C12H15IN2O3/c1-2-18-12(17)14-8-7-11(16)15-10-5-3-9(13)4-6-10/h3-6H,2,7-8H2,1H3,(H,14,17)(H,15,16). The van der Waals surface area contributed by atoms with Crippen molar-refractivity contribution in [2.45, 2.75) is 13.3 Å². The predicted molar refractivity (Wildman–Crippen MR) is 77.4 cm³/mol. The van der Waals surface area contributed by atoms with Gasteiger partial charge in [-0.25, -0.2) is 4.79 Å². The van der Waals surface area contributed by atoms with Gasteiger partial charge in [-0.15, -0.1) is 0 Å². The molecule has 2 N–H and O–H groups in total. The van der Waals surface area contributed by atoms with Crippen LogP contribution in [0.2, 0.25) is 0 Å². The number of benzene rings is 1. The van der Waals surface area contributed by atoms with E-state index in [9.17, 15) is 9.59 Å². The molecule has 0 bridgehead atoms. The third kappa shape index (κ3) is 5.85. The highest BCUT2D eigenvalue weighted by molar-refractivity contribution is 14.1. The van der Waals surface area contributed by atoms with Crippen LogP contribution in [-0.2, 0) is 9.53 Å². The minimum Gasteiger partial charge on any atom is -0.450 e. The van der Waals surface area contributed by atoms with E-state index < -0.39 is 6.09 Å². The molecule has 2 amide bonds. The Morgan fingerprint density at radius 2 is 1.94 bits per heavy atom. The molecule has 0 aliphatic rings. The van der Waals surface area contributed by atoms with Crippen LogP contribution < -0.4 is 10.6 Å². The molecule has 0 fully saturated rings. The summed E-state index contributed by atoms with van der Waals surface area (Å²) in [4.78, 5) is 22.5. The van der Waals surface area contributed by atoms with Gasteiger partial charge in [0, 0.05) is 22.2 Å². The highest BCUT2D eigenvalue weighted by Gasteiger charge is 2.04. The smallest absolute Gasteiger partial charge is 0.407 e. The maximum Gasteiger partial charge on any atom is 0.407 e. The van der Waals surface area contributed by atoms with Crippen LogP contribution in [0.15, 0.2) is 24.3 Å². The summed E-state index contributed by atoms with van der Waals surface area (Å²) in [6.07, 6.45) is -0.287. The lowest BCUT2D eigenvalue weighted by Gasteiger charge is -2.06. The molecule has 0 aliphatic carbocycles. The number of hydrogen-bond acceptors (Lipinski definition) is 3.